The number of sulfone groups is 1. The molecule has 1 aromatic heterocycles. The molecule has 0 saturated carbocycles. The van der Waals surface area contributed by atoms with Gasteiger partial charge in [-0.15, -0.1) is 11.3 Å². The monoisotopic (exact) mass is 394 g/mol. The molecule has 0 bridgehead atoms. The van der Waals surface area contributed by atoms with Crippen molar-refractivity contribution in [2.75, 3.05) is 25.2 Å². The summed E-state index contributed by atoms with van der Waals surface area (Å²) in [5.74, 6) is -1.07. The summed E-state index contributed by atoms with van der Waals surface area (Å²) in [6, 6.07) is 9.07. The highest BCUT2D eigenvalue weighted by molar-refractivity contribution is 7.91. The summed E-state index contributed by atoms with van der Waals surface area (Å²) in [6.45, 7) is -0.440. The van der Waals surface area contributed by atoms with Gasteiger partial charge in [-0.1, -0.05) is 30.3 Å². The molecular weight excluding hydrogens is 376 g/mol. The lowest BCUT2D eigenvalue weighted by Crippen LogP contribution is -2.40. The van der Waals surface area contributed by atoms with Crippen LogP contribution in [0.4, 0.5) is 0 Å². The van der Waals surface area contributed by atoms with Crippen molar-refractivity contribution in [2.24, 2.45) is 0 Å². The van der Waals surface area contributed by atoms with E-state index in [0.717, 1.165) is 5.56 Å². The van der Waals surface area contributed by atoms with E-state index >= 15 is 0 Å². The Hall–Kier alpha value is -2.26. The molecule has 1 fully saturated rings. The number of ether oxygens (including phenoxy) is 1. The molecule has 0 spiro atoms. The van der Waals surface area contributed by atoms with Gasteiger partial charge in [-0.3, -0.25) is 4.79 Å². The minimum atomic E-state index is -3.08. The number of benzene rings is 1. The van der Waals surface area contributed by atoms with Crippen LogP contribution in [-0.4, -0.2) is 61.4 Å². The fourth-order valence-electron chi connectivity index (χ4n) is 2.67. The summed E-state index contributed by atoms with van der Waals surface area (Å²) in [5.41, 5.74) is 1.04. The van der Waals surface area contributed by atoms with Crippen molar-refractivity contribution < 1.29 is 22.7 Å². The molecule has 7 nitrogen and oxygen atoms in total. The zero-order valence-corrected chi connectivity index (χ0v) is 15.8. The lowest BCUT2D eigenvalue weighted by atomic mass is 10.2. The van der Waals surface area contributed by atoms with Gasteiger partial charge in [0.15, 0.2) is 22.1 Å². The van der Waals surface area contributed by atoms with E-state index in [1.807, 2.05) is 30.3 Å². The van der Waals surface area contributed by atoms with Crippen LogP contribution in [0.1, 0.15) is 16.9 Å². The maximum absolute atomic E-state index is 12.1. The predicted molar refractivity (Wildman–Crippen MR) is 97.7 cm³/mol. The van der Waals surface area contributed by atoms with E-state index in [9.17, 15) is 18.0 Å². The molecule has 138 valence electrons. The van der Waals surface area contributed by atoms with Gasteiger partial charge in [0.1, 0.15) is 5.01 Å². The van der Waals surface area contributed by atoms with Crippen LogP contribution in [0.25, 0.3) is 10.6 Å². The SMILES string of the molecule is CN(C(=O)COC(=O)c1csc(-c2ccccc2)n1)[C@@H]1CCS(=O)(=O)C1. The van der Waals surface area contributed by atoms with Crippen LogP contribution >= 0.6 is 11.3 Å². The number of carbonyl (C=O) groups excluding carboxylic acids is 2. The Morgan fingerprint density at radius 3 is 2.69 bits per heavy atom. The molecule has 2 heterocycles. The van der Waals surface area contributed by atoms with Crippen LogP contribution < -0.4 is 0 Å². The number of nitrogens with zero attached hydrogens (tertiary/aromatic N) is 2. The average molecular weight is 394 g/mol. The summed E-state index contributed by atoms with van der Waals surface area (Å²) in [5, 5.41) is 2.28. The van der Waals surface area contributed by atoms with Gasteiger partial charge >= 0.3 is 5.97 Å². The van der Waals surface area contributed by atoms with Crippen molar-refractivity contribution in [3.63, 3.8) is 0 Å². The third kappa shape index (κ3) is 4.28. The van der Waals surface area contributed by atoms with Gasteiger partial charge in [-0.05, 0) is 6.42 Å². The van der Waals surface area contributed by atoms with E-state index < -0.39 is 28.3 Å². The highest BCUT2D eigenvalue weighted by atomic mass is 32.2. The Balaban J connectivity index is 1.56. The molecule has 0 aliphatic carbocycles. The summed E-state index contributed by atoms with van der Waals surface area (Å²) < 4.78 is 28.1. The molecule has 9 heteroatoms. The first kappa shape index (κ1) is 18.5. The summed E-state index contributed by atoms with van der Waals surface area (Å²) in [4.78, 5) is 29.8. The quantitative estimate of drug-likeness (QED) is 0.715. The van der Waals surface area contributed by atoms with Crippen molar-refractivity contribution in [2.45, 2.75) is 12.5 Å². The third-order valence-electron chi connectivity index (χ3n) is 4.21. The molecule has 0 radical (unpaired) electrons. The third-order valence-corrected chi connectivity index (χ3v) is 6.85. The van der Waals surface area contributed by atoms with E-state index in [1.165, 1.54) is 23.3 Å². The molecule has 1 aliphatic rings. The number of amides is 1. The molecule has 3 rings (SSSR count). The van der Waals surface area contributed by atoms with Gasteiger partial charge in [0.2, 0.25) is 0 Å². The number of hydrogen-bond acceptors (Lipinski definition) is 7. The summed E-state index contributed by atoms with van der Waals surface area (Å²) >= 11 is 1.32. The van der Waals surface area contributed by atoms with Gasteiger partial charge in [0.25, 0.3) is 5.91 Å². The molecule has 1 aromatic carbocycles. The van der Waals surface area contributed by atoms with Crippen molar-refractivity contribution in [3.8, 4) is 10.6 Å². The zero-order chi connectivity index (χ0) is 18.7. The molecule has 1 saturated heterocycles. The van der Waals surface area contributed by atoms with Crippen LogP contribution in [0.15, 0.2) is 35.7 Å². The van der Waals surface area contributed by atoms with E-state index in [-0.39, 0.29) is 23.2 Å². The van der Waals surface area contributed by atoms with Crippen molar-refractivity contribution in [1.82, 2.24) is 9.88 Å². The smallest absolute Gasteiger partial charge is 0.358 e. The van der Waals surface area contributed by atoms with Crippen LogP contribution in [-0.2, 0) is 19.4 Å². The molecule has 26 heavy (non-hydrogen) atoms. The fourth-order valence-corrected chi connectivity index (χ4v) is 5.24. The van der Waals surface area contributed by atoms with Crippen molar-refractivity contribution in [1.29, 1.82) is 0 Å². The highest BCUT2D eigenvalue weighted by Gasteiger charge is 2.33. The van der Waals surface area contributed by atoms with Crippen molar-refractivity contribution >= 4 is 33.1 Å². The molecular formula is C17H18N2O5S2. The largest absolute Gasteiger partial charge is 0.451 e. The Morgan fingerprint density at radius 1 is 1.31 bits per heavy atom. The van der Waals surface area contributed by atoms with Crippen molar-refractivity contribution in [3.05, 3.63) is 41.4 Å². The molecule has 1 atom stereocenters. The summed E-state index contributed by atoms with van der Waals surface area (Å²) in [7, 11) is -1.56. The van der Waals surface area contributed by atoms with Gasteiger partial charge in [-0.25, -0.2) is 18.2 Å². The molecule has 1 amide bonds. The second-order valence-corrected chi connectivity index (χ2v) is 9.13. The predicted octanol–water partition coefficient (Wildman–Crippen LogP) is 1.61. The second kappa shape index (κ2) is 7.55. The lowest BCUT2D eigenvalue weighted by molar-refractivity contribution is -0.134. The Morgan fingerprint density at radius 2 is 2.04 bits per heavy atom. The Kier molecular flexibility index (Phi) is 5.38. The second-order valence-electron chi connectivity index (χ2n) is 6.04. The number of hydrogen-bond donors (Lipinski definition) is 0. The van der Waals surface area contributed by atoms with E-state index in [2.05, 4.69) is 4.98 Å². The molecule has 1 aliphatic heterocycles. The Labute approximate surface area is 155 Å². The van der Waals surface area contributed by atoms with E-state index in [4.69, 9.17) is 4.74 Å². The first-order chi connectivity index (χ1) is 12.4. The fraction of sp³-hybridized carbons (Fsp3) is 0.353. The average Bonchev–Trinajstić information content (AvgIpc) is 3.26. The molecule has 0 N–H and O–H groups in total. The van der Waals surface area contributed by atoms with Crippen LogP contribution in [0.2, 0.25) is 0 Å². The molecule has 0 unspecified atom stereocenters. The van der Waals surface area contributed by atoms with Gasteiger partial charge in [0, 0.05) is 24.0 Å². The zero-order valence-electron chi connectivity index (χ0n) is 14.1. The van der Waals surface area contributed by atoms with Gasteiger partial charge < -0.3 is 9.64 Å². The van der Waals surface area contributed by atoms with Crippen LogP contribution in [0.5, 0.6) is 0 Å². The number of esters is 1. The first-order valence-corrected chi connectivity index (χ1v) is 10.7. The number of carbonyl (C=O) groups is 2. The molecule has 2 aromatic rings. The van der Waals surface area contributed by atoms with Gasteiger partial charge in [0.05, 0.1) is 11.5 Å². The maximum Gasteiger partial charge on any atom is 0.358 e. The minimum absolute atomic E-state index is 0.0459. The Bertz CT molecular complexity index is 908. The number of aromatic nitrogens is 1. The minimum Gasteiger partial charge on any atom is -0.451 e. The van der Waals surface area contributed by atoms with Crippen LogP contribution in [0.3, 0.4) is 0 Å². The summed E-state index contributed by atoms with van der Waals surface area (Å²) in [6.07, 6.45) is 0.408. The highest BCUT2D eigenvalue weighted by Crippen LogP contribution is 2.23. The maximum atomic E-state index is 12.1. The van der Waals surface area contributed by atoms with E-state index in [0.29, 0.717) is 11.4 Å². The van der Waals surface area contributed by atoms with Crippen LogP contribution in [0, 0.1) is 0 Å². The topological polar surface area (TPSA) is 93.6 Å². The first-order valence-electron chi connectivity index (χ1n) is 8.00. The van der Waals surface area contributed by atoms with Gasteiger partial charge in [-0.2, -0.15) is 0 Å². The lowest BCUT2D eigenvalue weighted by Gasteiger charge is -2.22. The number of likely N-dealkylation sites (N-methyl/N-ethyl adjacent to an activating group) is 1. The normalized spacial score (nSPS) is 18.4. The van der Waals surface area contributed by atoms with E-state index in [1.54, 1.807) is 5.38 Å². The number of rotatable bonds is 5. The standard InChI is InChI=1S/C17H18N2O5S2/c1-19(13-7-8-26(22,23)11-13)15(20)9-24-17(21)14-10-25-16(18-14)12-5-3-2-4-6-12/h2-6,10,13H,7-9,11H2,1H3/t13-/m1/s1. The number of thiazole rings is 1.